The zero-order chi connectivity index (χ0) is 9.97. The summed E-state index contributed by atoms with van der Waals surface area (Å²) in [5, 5.41) is 0.983. The molecule has 4 heteroatoms. The molecule has 0 unspecified atom stereocenters. The van der Waals surface area contributed by atoms with E-state index in [9.17, 15) is 4.79 Å². The third-order valence-electron chi connectivity index (χ3n) is 1.86. The summed E-state index contributed by atoms with van der Waals surface area (Å²) in [6.07, 6.45) is 0.805. The molecule has 1 amide bonds. The molecule has 1 aromatic heterocycles. The Morgan fingerprint density at radius 3 is 2.71 bits per heavy atom. The van der Waals surface area contributed by atoms with Gasteiger partial charge < -0.3 is 5.73 Å². The molecule has 2 rings (SSSR count). The Balaban J connectivity index is 2.59. The Morgan fingerprint density at radius 1 is 1.21 bits per heavy atom. The molecule has 14 heavy (non-hydrogen) atoms. The van der Waals surface area contributed by atoms with Crippen molar-refractivity contribution in [3.05, 3.63) is 42.6 Å². The molecule has 2 N–H and O–H groups in total. The van der Waals surface area contributed by atoms with E-state index in [1.54, 1.807) is 12.3 Å². The van der Waals surface area contributed by atoms with Crippen LogP contribution < -0.4 is 15.3 Å². The highest BCUT2D eigenvalue weighted by molar-refractivity contribution is 5.75. The van der Waals surface area contributed by atoms with Gasteiger partial charge in [-0.2, -0.15) is 4.84 Å². The Morgan fingerprint density at radius 2 is 1.93 bits per heavy atom. The highest BCUT2D eigenvalue weighted by atomic mass is 16.7. The molecule has 0 radical (unpaired) electrons. The lowest BCUT2D eigenvalue weighted by atomic mass is 10.2. The molecule has 70 valence electrons. The lowest BCUT2D eigenvalue weighted by Crippen LogP contribution is -2.48. The van der Waals surface area contributed by atoms with E-state index in [1.165, 1.54) is 4.73 Å². The largest absolute Gasteiger partial charge is 0.473 e. The molecule has 0 saturated carbocycles. The molecule has 4 nitrogen and oxygen atoms in total. The van der Waals surface area contributed by atoms with Crippen molar-refractivity contribution in [3.8, 4) is 0 Å². The molecule has 0 saturated heterocycles. The number of carbonyl (C=O) groups is 1. The topological polar surface area (TPSA) is 56.2 Å². The van der Waals surface area contributed by atoms with Crippen molar-refractivity contribution in [1.29, 1.82) is 0 Å². The molecule has 1 aromatic carbocycles. The van der Waals surface area contributed by atoms with Gasteiger partial charge in [-0.15, -0.1) is 0 Å². The SMILES string of the molecule is NC(=O)O[n+]1cccc2ccccc21. The van der Waals surface area contributed by atoms with Gasteiger partial charge in [0.15, 0.2) is 0 Å². The summed E-state index contributed by atoms with van der Waals surface area (Å²) in [7, 11) is 0. The lowest BCUT2D eigenvalue weighted by Gasteiger charge is -1.95. The zero-order valence-electron chi connectivity index (χ0n) is 7.38. The van der Waals surface area contributed by atoms with Crippen LogP contribution in [0.15, 0.2) is 42.6 Å². The first-order chi connectivity index (χ1) is 6.77. The summed E-state index contributed by atoms with van der Waals surface area (Å²) in [4.78, 5) is 15.4. The average molecular weight is 189 g/mol. The van der Waals surface area contributed by atoms with E-state index in [-0.39, 0.29) is 0 Å². The van der Waals surface area contributed by atoms with Crippen LogP contribution in [0.3, 0.4) is 0 Å². The van der Waals surface area contributed by atoms with Crippen LogP contribution >= 0.6 is 0 Å². The fraction of sp³-hybridized carbons (Fsp3) is 0. The number of aromatic nitrogens is 1. The molecule has 0 spiro atoms. The van der Waals surface area contributed by atoms with Gasteiger partial charge in [-0.3, -0.25) is 0 Å². The number of amides is 1. The summed E-state index contributed by atoms with van der Waals surface area (Å²) in [6, 6.07) is 11.3. The van der Waals surface area contributed by atoms with E-state index >= 15 is 0 Å². The van der Waals surface area contributed by atoms with Gasteiger partial charge in [0.05, 0.1) is 5.39 Å². The highest BCUT2D eigenvalue weighted by Crippen LogP contribution is 2.06. The van der Waals surface area contributed by atoms with Crippen LogP contribution in [0.2, 0.25) is 0 Å². The number of nitrogens with zero attached hydrogens (tertiary/aromatic N) is 1. The maximum atomic E-state index is 10.6. The number of para-hydroxylation sites is 1. The van der Waals surface area contributed by atoms with Gasteiger partial charge in [0.2, 0.25) is 6.20 Å². The lowest BCUT2D eigenvalue weighted by molar-refractivity contribution is -0.847. The smallest absolute Gasteiger partial charge is 0.330 e. The molecule has 0 atom stereocenters. The first-order valence-electron chi connectivity index (χ1n) is 4.14. The Hall–Kier alpha value is -2.10. The minimum absolute atomic E-state index is 0.800. The Kier molecular flexibility index (Phi) is 2.02. The maximum absolute atomic E-state index is 10.6. The van der Waals surface area contributed by atoms with E-state index in [0.29, 0.717) is 0 Å². The van der Waals surface area contributed by atoms with Crippen molar-refractivity contribution in [2.45, 2.75) is 0 Å². The molecule has 0 fully saturated rings. The number of carbonyl (C=O) groups excluding carboxylic acids is 1. The summed E-state index contributed by atoms with van der Waals surface area (Å²) >= 11 is 0. The first-order valence-corrected chi connectivity index (χ1v) is 4.14. The predicted molar refractivity (Wildman–Crippen MR) is 50.3 cm³/mol. The van der Waals surface area contributed by atoms with Gasteiger partial charge in [0, 0.05) is 16.9 Å². The number of benzene rings is 1. The van der Waals surface area contributed by atoms with Crippen molar-refractivity contribution in [3.63, 3.8) is 0 Å². The van der Waals surface area contributed by atoms with Gasteiger partial charge in [0.25, 0.3) is 5.52 Å². The van der Waals surface area contributed by atoms with Crippen LogP contribution in [-0.4, -0.2) is 6.09 Å². The van der Waals surface area contributed by atoms with Crippen LogP contribution in [0, 0.1) is 0 Å². The summed E-state index contributed by atoms with van der Waals surface area (Å²) in [6.45, 7) is 0. The van der Waals surface area contributed by atoms with E-state index < -0.39 is 6.09 Å². The monoisotopic (exact) mass is 189 g/mol. The van der Waals surface area contributed by atoms with Crippen LogP contribution in [0.1, 0.15) is 0 Å². The van der Waals surface area contributed by atoms with Gasteiger partial charge in [0.1, 0.15) is 0 Å². The number of rotatable bonds is 1. The third kappa shape index (κ3) is 1.50. The van der Waals surface area contributed by atoms with Crippen molar-refractivity contribution >= 4 is 17.0 Å². The molecule has 1 heterocycles. The number of pyridine rings is 1. The van der Waals surface area contributed by atoms with Crippen LogP contribution in [0.25, 0.3) is 10.9 Å². The zero-order valence-corrected chi connectivity index (χ0v) is 7.38. The minimum atomic E-state index is -0.827. The van der Waals surface area contributed by atoms with Crippen LogP contribution in [0.4, 0.5) is 4.79 Å². The van der Waals surface area contributed by atoms with Crippen LogP contribution in [-0.2, 0) is 0 Å². The highest BCUT2D eigenvalue weighted by Gasteiger charge is 2.11. The van der Waals surface area contributed by atoms with Crippen molar-refractivity contribution in [2.24, 2.45) is 5.73 Å². The molecular formula is C10H9N2O2+. The number of fused-ring (bicyclic) bond motifs is 1. The fourth-order valence-electron chi connectivity index (χ4n) is 1.31. The van der Waals surface area contributed by atoms with Crippen LogP contribution in [0.5, 0.6) is 0 Å². The normalized spacial score (nSPS) is 10.0. The third-order valence-corrected chi connectivity index (χ3v) is 1.86. The standard InChI is InChI=1S/C10H8N2O2/c11-10(13)14-12-7-3-5-8-4-1-2-6-9(8)12/h1-7H,(H-,11,13)/p+1. The Bertz CT molecular complexity index is 477. The van der Waals surface area contributed by atoms with Gasteiger partial charge in [-0.05, 0) is 12.1 Å². The van der Waals surface area contributed by atoms with E-state index in [4.69, 9.17) is 10.6 Å². The van der Waals surface area contributed by atoms with E-state index in [2.05, 4.69) is 0 Å². The van der Waals surface area contributed by atoms with Crippen molar-refractivity contribution < 1.29 is 14.4 Å². The average Bonchev–Trinajstić information content (AvgIpc) is 2.18. The number of hydrogen-bond acceptors (Lipinski definition) is 2. The molecule has 2 aromatic rings. The second-order valence-corrected chi connectivity index (χ2v) is 2.80. The summed E-state index contributed by atoms with van der Waals surface area (Å²) in [5.41, 5.74) is 5.73. The molecule has 0 aliphatic heterocycles. The molecular weight excluding hydrogens is 180 g/mol. The van der Waals surface area contributed by atoms with Crippen molar-refractivity contribution in [1.82, 2.24) is 0 Å². The quantitative estimate of drug-likeness (QED) is 0.669. The van der Waals surface area contributed by atoms with Gasteiger partial charge in [-0.25, -0.2) is 4.79 Å². The summed E-state index contributed by atoms with van der Waals surface area (Å²) in [5.74, 6) is 0. The van der Waals surface area contributed by atoms with Gasteiger partial charge in [-0.1, -0.05) is 12.1 Å². The molecule has 0 aliphatic rings. The van der Waals surface area contributed by atoms with Crippen molar-refractivity contribution in [2.75, 3.05) is 0 Å². The molecule has 0 bridgehead atoms. The molecule has 0 aliphatic carbocycles. The number of primary amides is 1. The first kappa shape index (κ1) is 8.50. The second-order valence-electron chi connectivity index (χ2n) is 2.80. The maximum Gasteiger partial charge on any atom is 0.473 e. The predicted octanol–water partition coefficient (Wildman–Crippen LogP) is 0.635. The van der Waals surface area contributed by atoms with E-state index in [0.717, 1.165) is 10.9 Å². The minimum Gasteiger partial charge on any atom is -0.330 e. The Labute approximate surface area is 80.5 Å². The van der Waals surface area contributed by atoms with E-state index in [1.807, 2.05) is 30.3 Å². The number of hydrogen-bond donors (Lipinski definition) is 1. The van der Waals surface area contributed by atoms with Gasteiger partial charge >= 0.3 is 6.09 Å². The summed E-state index contributed by atoms with van der Waals surface area (Å²) < 4.78 is 1.34. The number of nitrogens with two attached hydrogens (primary N) is 1. The fourth-order valence-corrected chi connectivity index (χ4v) is 1.31. The second kappa shape index (κ2) is 3.33.